The molecule has 1 rings (SSSR count). The van der Waals surface area contributed by atoms with Crippen LogP contribution in [0.15, 0.2) is 22.7 Å². The van der Waals surface area contributed by atoms with E-state index in [1.807, 2.05) is 0 Å². The highest BCUT2D eigenvalue weighted by Crippen LogP contribution is 2.24. The van der Waals surface area contributed by atoms with Crippen LogP contribution in [0.4, 0.5) is 0 Å². The molecule has 0 aliphatic rings. The molecule has 0 N–H and O–H groups in total. The zero-order chi connectivity index (χ0) is 13.0. The molecule has 0 fully saturated rings. The quantitative estimate of drug-likeness (QED) is 0.630. The Kier molecular flexibility index (Phi) is 5.15. The molecule has 92 valence electrons. The van der Waals surface area contributed by atoms with E-state index in [0.29, 0.717) is 10.6 Å². The van der Waals surface area contributed by atoms with Crippen molar-refractivity contribution in [1.82, 2.24) is 0 Å². The second kappa shape index (κ2) is 6.17. The lowest BCUT2D eigenvalue weighted by Crippen LogP contribution is -2.16. The molecule has 0 amide bonds. The first-order chi connectivity index (χ1) is 7.95. The number of hydrogen-bond donors (Lipinski definition) is 0. The van der Waals surface area contributed by atoms with E-state index < -0.39 is 11.9 Å². The molecule has 0 bridgehead atoms. The van der Waals surface area contributed by atoms with Crippen molar-refractivity contribution >= 4 is 39.3 Å². The van der Waals surface area contributed by atoms with Crippen LogP contribution < -0.4 is 0 Å². The minimum absolute atomic E-state index is 0.0724. The lowest BCUT2D eigenvalue weighted by molar-refractivity contribution is -0.141. The minimum Gasteiger partial charge on any atom is -0.469 e. The van der Waals surface area contributed by atoms with Gasteiger partial charge in [0.15, 0.2) is 5.78 Å². The third-order valence-electron chi connectivity index (χ3n) is 2.35. The van der Waals surface area contributed by atoms with E-state index in [-0.39, 0.29) is 12.2 Å². The molecular weight excluding hydrogens is 307 g/mol. The third-order valence-corrected chi connectivity index (χ3v) is 3.58. The van der Waals surface area contributed by atoms with Gasteiger partial charge in [0.1, 0.15) is 0 Å². The van der Waals surface area contributed by atoms with Crippen LogP contribution in [-0.2, 0) is 9.53 Å². The second-order valence-corrected chi connectivity index (χ2v) is 4.94. The van der Waals surface area contributed by atoms with Crippen LogP contribution in [0, 0.1) is 5.92 Å². The molecular formula is C12H12BrClO3. The summed E-state index contributed by atoms with van der Waals surface area (Å²) in [6.07, 6.45) is 0.0724. The summed E-state index contributed by atoms with van der Waals surface area (Å²) in [5.74, 6) is -0.932. The van der Waals surface area contributed by atoms with Crippen molar-refractivity contribution in [3.8, 4) is 0 Å². The molecule has 17 heavy (non-hydrogen) atoms. The molecule has 1 aromatic carbocycles. The number of hydrogen-bond acceptors (Lipinski definition) is 3. The van der Waals surface area contributed by atoms with E-state index in [2.05, 4.69) is 20.7 Å². The molecule has 0 heterocycles. The molecule has 1 unspecified atom stereocenters. The molecule has 0 aliphatic heterocycles. The van der Waals surface area contributed by atoms with E-state index in [1.54, 1.807) is 25.1 Å². The summed E-state index contributed by atoms with van der Waals surface area (Å²) in [4.78, 5) is 23.0. The summed E-state index contributed by atoms with van der Waals surface area (Å²) < 4.78 is 5.26. The number of benzene rings is 1. The van der Waals surface area contributed by atoms with E-state index in [1.165, 1.54) is 7.11 Å². The van der Waals surface area contributed by atoms with Gasteiger partial charge in [0, 0.05) is 16.0 Å². The average molecular weight is 320 g/mol. The van der Waals surface area contributed by atoms with Gasteiger partial charge < -0.3 is 4.74 Å². The van der Waals surface area contributed by atoms with Crippen molar-refractivity contribution in [1.29, 1.82) is 0 Å². The van der Waals surface area contributed by atoms with E-state index in [4.69, 9.17) is 11.6 Å². The van der Waals surface area contributed by atoms with Crippen molar-refractivity contribution in [3.63, 3.8) is 0 Å². The van der Waals surface area contributed by atoms with Crippen LogP contribution >= 0.6 is 27.5 Å². The Morgan fingerprint density at radius 1 is 1.47 bits per heavy atom. The number of esters is 1. The van der Waals surface area contributed by atoms with Crippen molar-refractivity contribution < 1.29 is 14.3 Å². The SMILES string of the molecule is COC(=O)CC(C)C(=O)c1ccc(Br)c(Cl)c1. The number of carbonyl (C=O) groups is 2. The molecule has 1 atom stereocenters. The number of halogens is 2. The highest BCUT2D eigenvalue weighted by molar-refractivity contribution is 9.10. The maximum absolute atomic E-state index is 12.0. The monoisotopic (exact) mass is 318 g/mol. The summed E-state index contributed by atoms with van der Waals surface area (Å²) in [6.45, 7) is 1.69. The van der Waals surface area contributed by atoms with Gasteiger partial charge in [0.25, 0.3) is 0 Å². The Morgan fingerprint density at radius 2 is 2.12 bits per heavy atom. The number of ketones is 1. The third kappa shape index (κ3) is 3.82. The standard InChI is InChI=1S/C12H12BrClO3/c1-7(5-11(15)17-2)12(16)8-3-4-9(13)10(14)6-8/h3-4,6-7H,5H2,1-2H3. The number of carbonyl (C=O) groups excluding carboxylic acids is 2. The zero-order valence-corrected chi connectivity index (χ0v) is 11.8. The first-order valence-corrected chi connectivity index (χ1v) is 6.19. The van der Waals surface area contributed by atoms with Gasteiger partial charge in [0.2, 0.25) is 0 Å². The molecule has 0 radical (unpaired) electrons. The van der Waals surface area contributed by atoms with Crippen molar-refractivity contribution in [2.75, 3.05) is 7.11 Å². The van der Waals surface area contributed by atoms with Crippen molar-refractivity contribution in [3.05, 3.63) is 33.3 Å². The maximum atomic E-state index is 12.0. The zero-order valence-electron chi connectivity index (χ0n) is 9.50. The summed E-state index contributed by atoms with van der Waals surface area (Å²) in [6, 6.07) is 4.97. The Morgan fingerprint density at radius 3 is 2.65 bits per heavy atom. The summed E-state index contributed by atoms with van der Waals surface area (Å²) >= 11 is 9.15. The number of Topliss-reactive ketones (excluding diaryl/α,β-unsaturated/α-hetero) is 1. The normalized spacial score (nSPS) is 12.0. The number of methoxy groups -OCH3 is 1. The minimum atomic E-state index is -0.417. The smallest absolute Gasteiger partial charge is 0.306 e. The predicted octanol–water partition coefficient (Wildman–Crippen LogP) is 3.48. The van der Waals surface area contributed by atoms with Crippen LogP contribution in [-0.4, -0.2) is 18.9 Å². The van der Waals surface area contributed by atoms with Gasteiger partial charge in [-0.15, -0.1) is 0 Å². The van der Waals surface area contributed by atoms with E-state index >= 15 is 0 Å². The summed E-state index contributed by atoms with van der Waals surface area (Å²) in [5, 5.41) is 0.473. The molecule has 0 saturated heterocycles. The van der Waals surface area contributed by atoms with Crippen LogP contribution in [0.2, 0.25) is 5.02 Å². The molecule has 0 spiro atoms. The first kappa shape index (κ1) is 14.2. The van der Waals surface area contributed by atoms with E-state index in [0.717, 1.165) is 4.47 Å². The van der Waals surface area contributed by atoms with Crippen molar-refractivity contribution in [2.45, 2.75) is 13.3 Å². The molecule has 5 heteroatoms. The van der Waals surface area contributed by atoms with Crippen LogP contribution in [0.5, 0.6) is 0 Å². The largest absolute Gasteiger partial charge is 0.469 e. The Hall–Kier alpha value is -0.870. The van der Waals surface area contributed by atoms with Crippen molar-refractivity contribution in [2.24, 2.45) is 5.92 Å². The Balaban J connectivity index is 2.81. The number of ether oxygens (including phenoxy) is 1. The second-order valence-electron chi connectivity index (χ2n) is 3.67. The fourth-order valence-corrected chi connectivity index (χ4v) is 1.79. The van der Waals surface area contributed by atoms with Gasteiger partial charge in [0.05, 0.1) is 18.6 Å². The summed E-state index contributed by atoms with van der Waals surface area (Å²) in [5.41, 5.74) is 0.495. The fraction of sp³-hybridized carbons (Fsp3) is 0.333. The highest BCUT2D eigenvalue weighted by Gasteiger charge is 2.19. The molecule has 1 aromatic rings. The highest BCUT2D eigenvalue weighted by atomic mass is 79.9. The number of rotatable bonds is 4. The lowest BCUT2D eigenvalue weighted by atomic mass is 9.96. The maximum Gasteiger partial charge on any atom is 0.306 e. The lowest BCUT2D eigenvalue weighted by Gasteiger charge is -2.09. The molecule has 0 saturated carbocycles. The Bertz CT molecular complexity index is 445. The average Bonchev–Trinajstić information content (AvgIpc) is 2.31. The van der Waals surface area contributed by atoms with Gasteiger partial charge in [-0.2, -0.15) is 0 Å². The molecule has 3 nitrogen and oxygen atoms in total. The molecule has 0 aliphatic carbocycles. The van der Waals surface area contributed by atoms with Gasteiger partial charge in [-0.25, -0.2) is 0 Å². The van der Waals surface area contributed by atoms with Gasteiger partial charge in [-0.1, -0.05) is 24.6 Å². The predicted molar refractivity (Wildman–Crippen MR) is 69.3 cm³/mol. The van der Waals surface area contributed by atoms with Gasteiger partial charge in [-0.05, 0) is 28.1 Å². The van der Waals surface area contributed by atoms with Crippen LogP contribution in [0.3, 0.4) is 0 Å². The van der Waals surface area contributed by atoms with Crippen LogP contribution in [0.1, 0.15) is 23.7 Å². The topological polar surface area (TPSA) is 43.4 Å². The van der Waals surface area contributed by atoms with E-state index in [9.17, 15) is 9.59 Å². The van der Waals surface area contributed by atoms with Gasteiger partial charge >= 0.3 is 5.97 Å². The fourth-order valence-electron chi connectivity index (χ4n) is 1.36. The molecule has 0 aromatic heterocycles. The summed E-state index contributed by atoms with van der Waals surface area (Å²) in [7, 11) is 1.30. The first-order valence-electron chi connectivity index (χ1n) is 5.01. The van der Waals surface area contributed by atoms with Gasteiger partial charge in [-0.3, -0.25) is 9.59 Å². The van der Waals surface area contributed by atoms with Crippen LogP contribution in [0.25, 0.3) is 0 Å². The Labute approximate surface area is 113 Å².